The Hall–Kier alpha value is -1.46. The summed E-state index contributed by atoms with van der Waals surface area (Å²) in [5.41, 5.74) is 1.80. The van der Waals surface area contributed by atoms with Crippen LogP contribution in [0, 0.1) is 5.82 Å². The van der Waals surface area contributed by atoms with E-state index in [0.717, 1.165) is 21.4 Å². The predicted molar refractivity (Wildman–Crippen MR) is 76.6 cm³/mol. The molecular weight excluding hydrogens is 263 g/mol. The van der Waals surface area contributed by atoms with Gasteiger partial charge in [0.25, 0.3) is 0 Å². The summed E-state index contributed by atoms with van der Waals surface area (Å²) in [6.45, 7) is 4.11. The molecule has 0 aliphatic rings. The van der Waals surface area contributed by atoms with Crippen LogP contribution in [-0.2, 0) is 6.61 Å². The van der Waals surface area contributed by atoms with E-state index in [1.807, 2.05) is 11.9 Å². The summed E-state index contributed by atoms with van der Waals surface area (Å²) in [6.07, 6.45) is 0. The van der Waals surface area contributed by atoms with Gasteiger partial charge in [-0.25, -0.2) is 9.37 Å². The highest BCUT2D eigenvalue weighted by Crippen LogP contribution is 2.33. The molecule has 0 radical (unpaired) electrons. The van der Waals surface area contributed by atoms with Crippen molar-refractivity contribution >= 4 is 22.2 Å². The van der Waals surface area contributed by atoms with Crippen LogP contribution >= 0.6 is 11.3 Å². The number of aromatic nitrogens is 1. The Bertz CT molecular complexity index is 551. The summed E-state index contributed by atoms with van der Waals surface area (Å²) >= 11 is 1.47. The minimum atomic E-state index is -0.254. The lowest BCUT2D eigenvalue weighted by molar-refractivity contribution is 0.283. The van der Waals surface area contributed by atoms with Crippen molar-refractivity contribution in [1.82, 2.24) is 4.98 Å². The Morgan fingerprint density at radius 1 is 1.32 bits per heavy atom. The monoisotopic (exact) mass is 280 g/mol. The highest BCUT2D eigenvalue weighted by atomic mass is 32.1. The second-order valence-electron chi connectivity index (χ2n) is 4.65. The number of thiazole rings is 1. The quantitative estimate of drug-likeness (QED) is 0.928. The van der Waals surface area contributed by atoms with Crippen LogP contribution in [0.15, 0.2) is 24.3 Å². The lowest BCUT2D eigenvalue weighted by Gasteiger charge is -2.15. The van der Waals surface area contributed by atoms with Gasteiger partial charge < -0.3 is 10.0 Å². The number of aliphatic hydroxyl groups is 1. The topological polar surface area (TPSA) is 36.4 Å². The molecule has 3 nitrogen and oxygen atoms in total. The lowest BCUT2D eigenvalue weighted by Crippen LogP contribution is -2.09. The number of hydrogen-bond acceptors (Lipinski definition) is 4. The zero-order valence-corrected chi connectivity index (χ0v) is 12.0. The maximum atomic E-state index is 12.9. The first kappa shape index (κ1) is 14.0. The average Bonchev–Trinajstić information content (AvgIpc) is 2.83. The van der Waals surface area contributed by atoms with E-state index in [0.29, 0.717) is 0 Å². The third-order valence-electron chi connectivity index (χ3n) is 2.91. The van der Waals surface area contributed by atoms with Crippen molar-refractivity contribution in [2.75, 3.05) is 11.9 Å². The third kappa shape index (κ3) is 2.93. The van der Waals surface area contributed by atoms with Crippen LogP contribution in [0.5, 0.6) is 0 Å². The Balaban J connectivity index is 2.33. The van der Waals surface area contributed by atoms with Gasteiger partial charge in [0.1, 0.15) is 5.82 Å². The zero-order valence-electron chi connectivity index (χ0n) is 11.2. The molecule has 2 rings (SSSR count). The maximum Gasteiger partial charge on any atom is 0.190 e. The van der Waals surface area contributed by atoms with Gasteiger partial charge in [-0.15, -0.1) is 0 Å². The lowest BCUT2D eigenvalue weighted by atomic mass is 10.1. The van der Waals surface area contributed by atoms with E-state index in [2.05, 4.69) is 18.8 Å². The van der Waals surface area contributed by atoms with Gasteiger partial charge in [-0.1, -0.05) is 25.2 Å². The third-order valence-corrected chi connectivity index (χ3v) is 4.04. The zero-order chi connectivity index (χ0) is 14.0. The van der Waals surface area contributed by atoms with Gasteiger partial charge in [0.05, 0.1) is 17.2 Å². The fourth-order valence-corrected chi connectivity index (χ4v) is 2.89. The molecular formula is C14H17FN2OS. The van der Waals surface area contributed by atoms with Crippen LogP contribution in [0.1, 0.15) is 30.3 Å². The van der Waals surface area contributed by atoms with Crippen molar-refractivity contribution < 1.29 is 9.50 Å². The molecule has 0 aliphatic heterocycles. The maximum absolute atomic E-state index is 12.9. The molecule has 0 fully saturated rings. The molecule has 102 valence electrons. The van der Waals surface area contributed by atoms with Crippen molar-refractivity contribution in [2.45, 2.75) is 26.4 Å². The second kappa shape index (κ2) is 5.67. The Morgan fingerprint density at radius 3 is 2.42 bits per heavy atom. The summed E-state index contributed by atoms with van der Waals surface area (Å²) in [7, 11) is 1.89. The molecule has 0 atom stereocenters. The van der Waals surface area contributed by atoms with E-state index in [-0.39, 0.29) is 18.3 Å². The number of nitrogens with zero attached hydrogens (tertiary/aromatic N) is 2. The summed E-state index contributed by atoms with van der Waals surface area (Å²) in [5.74, 6) is 0.0176. The average molecular weight is 280 g/mol. The largest absolute Gasteiger partial charge is 0.391 e. The SMILES string of the molecule is CC(C)c1nc(N(C)c2ccc(F)cc2)sc1CO. The number of halogens is 1. The van der Waals surface area contributed by atoms with E-state index in [1.54, 1.807) is 12.1 Å². The van der Waals surface area contributed by atoms with Gasteiger partial charge in [-0.05, 0) is 30.2 Å². The van der Waals surface area contributed by atoms with E-state index in [9.17, 15) is 9.50 Å². The Morgan fingerprint density at radius 2 is 1.95 bits per heavy atom. The first-order valence-electron chi connectivity index (χ1n) is 6.12. The number of aliphatic hydroxyl groups excluding tert-OH is 1. The van der Waals surface area contributed by atoms with Gasteiger partial charge in [-0.3, -0.25) is 0 Å². The Kier molecular flexibility index (Phi) is 4.17. The van der Waals surface area contributed by atoms with Crippen molar-refractivity contribution in [3.63, 3.8) is 0 Å². The van der Waals surface area contributed by atoms with E-state index < -0.39 is 0 Å². The molecule has 0 aliphatic carbocycles. The first-order chi connectivity index (χ1) is 9.02. The van der Waals surface area contributed by atoms with Crippen LogP contribution in [0.25, 0.3) is 0 Å². The summed E-state index contributed by atoms with van der Waals surface area (Å²) in [6, 6.07) is 6.28. The van der Waals surface area contributed by atoms with Gasteiger partial charge >= 0.3 is 0 Å². The van der Waals surface area contributed by atoms with Gasteiger partial charge in [0, 0.05) is 12.7 Å². The summed E-state index contributed by atoms with van der Waals surface area (Å²) < 4.78 is 12.9. The second-order valence-corrected chi connectivity index (χ2v) is 5.72. The van der Waals surface area contributed by atoms with E-state index in [1.165, 1.54) is 23.5 Å². The van der Waals surface area contributed by atoms with E-state index in [4.69, 9.17) is 0 Å². The normalized spacial score (nSPS) is 11.1. The number of hydrogen-bond donors (Lipinski definition) is 1. The molecule has 0 unspecified atom stereocenters. The minimum Gasteiger partial charge on any atom is -0.391 e. The molecule has 1 aromatic carbocycles. The van der Waals surface area contributed by atoms with Crippen LogP contribution in [-0.4, -0.2) is 17.1 Å². The molecule has 1 N–H and O–H groups in total. The highest BCUT2D eigenvalue weighted by molar-refractivity contribution is 7.15. The minimum absolute atomic E-state index is 0.00242. The van der Waals surface area contributed by atoms with Crippen molar-refractivity contribution in [2.24, 2.45) is 0 Å². The van der Waals surface area contributed by atoms with Crippen LogP contribution < -0.4 is 4.90 Å². The summed E-state index contributed by atoms with van der Waals surface area (Å²) in [5, 5.41) is 10.2. The van der Waals surface area contributed by atoms with Crippen molar-refractivity contribution in [3.8, 4) is 0 Å². The van der Waals surface area contributed by atoms with E-state index >= 15 is 0 Å². The summed E-state index contributed by atoms with van der Waals surface area (Å²) in [4.78, 5) is 7.36. The molecule has 0 spiro atoms. The van der Waals surface area contributed by atoms with Crippen molar-refractivity contribution in [3.05, 3.63) is 40.7 Å². The Labute approximate surface area is 116 Å². The van der Waals surface area contributed by atoms with Crippen LogP contribution in [0.4, 0.5) is 15.2 Å². The standard InChI is InChI=1S/C14H17FN2OS/c1-9(2)13-12(8-18)19-14(16-13)17(3)11-6-4-10(15)5-7-11/h4-7,9,18H,8H2,1-3H3. The molecule has 0 bridgehead atoms. The molecule has 2 aromatic rings. The van der Waals surface area contributed by atoms with Gasteiger partial charge in [0.15, 0.2) is 5.13 Å². The number of rotatable bonds is 4. The predicted octanol–water partition coefficient (Wildman–Crippen LogP) is 3.67. The molecule has 1 aromatic heterocycles. The molecule has 5 heteroatoms. The fraction of sp³-hybridized carbons (Fsp3) is 0.357. The number of anilines is 2. The molecule has 0 saturated carbocycles. The van der Waals surface area contributed by atoms with Gasteiger partial charge in [0.2, 0.25) is 0 Å². The molecule has 19 heavy (non-hydrogen) atoms. The molecule has 0 amide bonds. The first-order valence-corrected chi connectivity index (χ1v) is 6.94. The van der Waals surface area contributed by atoms with Crippen LogP contribution in [0.3, 0.4) is 0 Å². The van der Waals surface area contributed by atoms with Crippen molar-refractivity contribution in [1.29, 1.82) is 0 Å². The molecule has 0 saturated heterocycles. The van der Waals surface area contributed by atoms with Gasteiger partial charge in [-0.2, -0.15) is 0 Å². The highest BCUT2D eigenvalue weighted by Gasteiger charge is 2.16. The smallest absolute Gasteiger partial charge is 0.190 e. The number of benzene rings is 1. The molecule has 1 heterocycles. The fourth-order valence-electron chi connectivity index (χ4n) is 1.83. The van der Waals surface area contributed by atoms with Crippen LogP contribution in [0.2, 0.25) is 0 Å².